The normalized spacial score (nSPS) is 20.7. The Kier molecular flexibility index (Phi) is 4.74. The van der Waals surface area contributed by atoms with Crippen LogP contribution in [0.2, 0.25) is 0 Å². The molecule has 20 heavy (non-hydrogen) atoms. The van der Waals surface area contributed by atoms with Crippen LogP contribution in [0.5, 0.6) is 0 Å². The van der Waals surface area contributed by atoms with Crippen LogP contribution < -0.4 is 0 Å². The van der Waals surface area contributed by atoms with E-state index in [1.54, 1.807) is 4.90 Å². The molecular formula is C15H19NO4. The van der Waals surface area contributed by atoms with Crippen LogP contribution >= 0.6 is 0 Å². The fourth-order valence-corrected chi connectivity index (χ4v) is 2.81. The highest BCUT2D eigenvalue weighted by Gasteiger charge is 2.38. The number of hydrogen-bond acceptors (Lipinski definition) is 3. The van der Waals surface area contributed by atoms with E-state index in [1.807, 2.05) is 30.3 Å². The molecule has 1 aromatic carbocycles. The van der Waals surface area contributed by atoms with Crippen molar-refractivity contribution in [3.05, 3.63) is 35.9 Å². The first-order chi connectivity index (χ1) is 9.59. The van der Waals surface area contributed by atoms with Gasteiger partial charge in [-0.05, 0) is 37.8 Å². The Morgan fingerprint density at radius 3 is 2.55 bits per heavy atom. The standard InChI is InChI=1S/C15H19NO4/c17-14(18)12-7-4-10-16(12)13(15(19)20)9-8-11-5-2-1-3-6-11/h1-3,5-6,12-13H,4,7-10H2,(H,17,18)(H,19,20)/t12-,13?/m0/s1. The van der Waals surface area contributed by atoms with E-state index in [1.165, 1.54) is 0 Å². The number of carboxylic acid groups (broad SMARTS) is 2. The van der Waals surface area contributed by atoms with Crippen molar-refractivity contribution in [2.24, 2.45) is 0 Å². The molecule has 1 aliphatic heterocycles. The minimum atomic E-state index is -0.936. The van der Waals surface area contributed by atoms with Gasteiger partial charge in [0.2, 0.25) is 0 Å². The smallest absolute Gasteiger partial charge is 0.320 e. The first-order valence-corrected chi connectivity index (χ1v) is 6.85. The first kappa shape index (κ1) is 14.5. The quantitative estimate of drug-likeness (QED) is 0.826. The van der Waals surface area contributed by atoms with Gasteiger partial charge >= 0.3 is 11.9 Å². The summed E-state index contributed by atoms with van der Waals surface area (Å²) in [5.74, 6) is -1.86. The highest BCUT2D eigenvalue weighted by Crippen LogP contribution is 2.23. The van der Waals surface area contributed by atoms with Crippen LogP contribution in [0.15, 0.2) is 30.3 Å². The van der Waals surface area contributed by atoms with E-state index in [4.69, 9.17) is 5.11 Å². The topological polar surface area (TPSA) is 77.8 Å². The fourth-order valence-electron chi connectivity index (χ4n) is 2.81. The summed E-state index contributed by atoms with van der Waals surface area (Å²) >= 11 is 0. The fraction of sp³-hybridized carbons (Fsp3) is 0.467. The van der Waals surface area contributed by atoms with Crippen molar-refractivity contribution in [2.45, 2.75) is 37.8 Å². The highest BCUT2D eigenvalue weighted by molar-refractivity contribution is 5.77. The number of rotatable bonds is 6. The number of nitrogens with zero attached hydrogens (tertiary/aromatic N) is 1. The summed E-state index contributed by atoms with van der Waals surface area (Å²) in [4.78, 5) is 24.2. The van der Waals surface area contributed by atoms with E-state index in [0.717, 1.165) is 12.0 Å². The summed E-state index contributed by atoms with van der Waals surface area (Å²) < 4.78 is 0. The molecule has 0 radical (unpaired) electrons. The number of aliphatic carboxylic acids is 2. The number of hydrogen-bond donors (Lipinski definition) is 2. The molecule has 2 N–H and O–H groups in total. The molecule has 0 aliphatic carbocycles. The second-order valence-corrected chi connectivity index (χ2v) is 5.11. The second kappa shape index (κ2) is 6.52. The molecule has 1 fully saturated rings. The van der Waals surface area contributed by atoms with E-state index >= 15 is 0 Å². The molecule has 0 amide bonds. The first-order valence-electron chi connectivity index (χ1n) is 6.85. The maximum atomic E-state index is 11.4. The summed E-state index contributed by atoms with van der Waals surface area (Å²) in [6, 6.07) is 8.28. The molecule has 1 heterocycles. The van der Waals surface area contributed by atoms with Crippen LogP contribution in [0, 0.1) is 0 Å². The summed E-state index contributed by atoms with van der Waals surface area (Å²) in [6.45, 7) is 0.544. The molecule has 0 aromatic heterocycles. The number of carbonyl (C=O) groups is 2. The summed E-state index contributed by atoms with van der Waals surface area (Å²) in [5, 5.41) is 18.5. The molecule has 5 heteroatoms. The number of likely N-dealkylation sites (tertiary alicyclic amines) is 1. The van der Waals surface area contributed by atoms with Gasteiger partial charge in [0.05, 0.1) is 0 Å². The lowest BCUT2D eigenvalue weighted by molar-refractivity contribution is -0.149. The lowest BCUT2D eigenvalue weighted by Crippen LogP contribution is -2.47. The molecule has 2 rings (SSSR count). The van der Waals surface area contributed by atoms with E-state index in [-0.39, 0.29) is 0 Å². The molecule has 1 unspecified atom stereocenters. The Hall–Kier alpha value is -1.88. The lowest BCUT2D eigenvalue weighted by atomic mass is 10.0. The Morgan fingerprint density at radius 2 is 1.95 bits per heavy atom. The van der Waals surface area contributed by atoms with Crippen molar-refractivity contribution in [2.75, 3.05) is 6.54 Å². The van der Waals surface area contributed by atoms with Crippen molar-refractivity contribution in [1.29, 1.82) is 0 Å². The number of carboxylic acids is 2. The molecule has 108 valence electrons. The third kappa shape index (κ3) is 3.36. The van der Waals surface area contributed by atoms with Crippen molar-refractivity contribution >= 4 is 11.9 Å². The average Bonchev–Trinajstić information content (AvgIpc) is 2.89. The maximum Gasteiger partial charge on any atom is 0.320 e. The van der Waals surface area contributed by atoms with Gasteiger partial charge in [-0.2, -0.15) is 0 Å². The summed E-state index contributed by atoms with van der Waals surface area (Å²) in [5.41, 5.74) is 1.07. The van der Waals surface area contributed by atoms with E-state index < -0.39 is 24.0 Å². The van der Waals surface area contributed by atoms with Gasteiger partial charge in [-0.25, -0.2) is 0 Å². The Bertz CT molecular complexity index is 474. The third-order valence-corrected chi connectivity index (χ3v) is 3.81. The van der Waals surface area contributed by atoms with Crippen LogP contribution in [-0.2, 0) is 16.0 Å². The van der Waals surface area contributed by atoms with Gasteiger partial charge in [0.25, 0.3) is 0 Å². The minimum Gasteiger partial charge on any atom is -0.480 e. The maximum absolute atomic E-state index is 11.4. The van der Waals surface area contributed by atoms with Gasteiger partial charge < -0.3 is 10.2 Å². The van der Waals surface area contributed by atoms with Gasteiger partial charge in [0, 0.05) is 0 Å². The monoisotopic (exact) mass is 277 g/mol. The molecule has 5 nitrogen and oxygen atoms in total. The van der Waals surface area contributed by atoms with Crippen molar-refractivity contribution in [3.63, 3.8) is 0 Å². The zero-order valence-electron chi connectivity index (χ0n) is 11.2. The molecule has 0 saturated carbocycles. The largest absolute Gasteiger partial charge is 0.480 e. The molecular weight excluding hydrogens is 258 g/mol. The zero-order valence-corrected chi connectivity index (χ0v) is 11.2. The zero-order chi connectivity index (χ0) is 14.5. The van der Waals surface area contributed by atoms with Gasteiger partial charge in [-0.15, -0.1) is 0 Å². The predicted molar refractivity (Wildman–Crippen MR) is 73.6 cm³/mol. The summed E-state index contributed by atoms with van der Waals surface area (Å²) in [6.07, 6.45) is 2.35. The van der Waals surface area contributed by atoms with Crippen LogP contribution in [0.1, 0.15) is 24.8 Å². The Balaban J connectivity index is 2.04. The average molecular weight is 277 g/mol. The van der Waals surface area contributed by atoms with Crippen LogP contribution in [0.3, 0.4) is 0 Å². The summed E-state index contributed by atoms with van der Waals surface area (Å²) in [7, 11) is 0. The van der Waals surface area contributed by atoms with Crippen molar-refractivity contribution < 1.29 is 19.8 Å². The SMILES string of the molecule is O=C(O)C(CCc1ccccc1)N1CCC[C@H]1C(=O)O. The number of aryl methyl sites for hydroxylation is 1. The lowest BCUT2D eigenvalue weighted by Gasteiger charge is -2.28. The van der Waals surface area contributed by atoms with Gasteiger partial charge in [0.1, 0.15) is 12.1 Å². The van der Waals surface area contributed by atoms with Gasteiger partial charge in [-0.3, -0.25) is 14.5 Å². The van der Waals surface area contributed by atoms with Crippen molar-refractivity contribution in [3.8, 4) is 0 Å². The third-order valence-electron chi connectivity index (χ3n) is 3.81. The van der Waals surface area contributed by atoms with Gasteiger partial charge in [-0.1, -0.05) is 30.3 Å². The van der Waals surface area contributed by atoms with Crippen molar-refractivity contribution in [1.82, 2.24) is 4.90 Å². The molecule has 2 atom stereocenters. The number of benzene rings is 1. The minimum absolute atomic E-state index is 0.434. The Morgan fingerprint density at radius 1 is 1.25 bits per heavy atom. The van der Waals surface area contributed by atoms with E-state index in [9.17, 15) is 14.7 Å². The molecule has 0 bridgehead atoms. The Labute approximate surface area is 117 Å². The molecule has 0 spiro atoms. The van der Waals surface area contributed by atoms with E-state index in [0.29, 0.717) is 25.8 Å². The van der Waals surface area contributed by atoms with Gasteiger partial charge in [0.15, 0.2) is 0 Å². The molecule has 1 aromatic rings. The van der Waals surface area contributed by atoms with Crippen LogP contribution in [0.4, 0.5) is 0 Å². The molecule has 1 saturated heterocycles. The molecule has 1 aliphatic rings. The highest BCUT2D eigenvalue weighted by atomic mass is 16.4. The van der Waals surface area contributed by atoms with Crippen LogP contribution in [0.25, 0.3) is 0 Å². The van der Waals surface area contributed by atoms with E-state index in [2.05, 4.69) is 0 Å². The van der Waals surface area contributed by atoms with Crippen LogP contribution in [-0.4, -0.2) is 45.7 Å². The second-order valence-electron chi connectivity index (χ2n) is 5.11. The predicted octanol–water partition coefficient (Wildman–Crippen LogP) is 1.62.